The molecule has 3 aromatic rings. The summed E-state index contributed by atoms with van der Waals surface area (Å²) in [6.45, 7) is 3.37. The first-order valence-corrected chi connectivity index (χ1v) is 10.0. The van der Waals surface area contributed by atoms with Crippen molar-refractivity contribution in [2.45, 2.75) is 39.0 Å². The summed E-state index contributed by atoms with van der Waals surface area (Å²) in [5.41, 5.74) is 3.07. The topological polar surface area (TPSA) is 66.3 Å². The molecule has 1 aliphatic carbocycles. The Balaban J connectivity index is 1.34. The van der Waals surface area contributed by atoms with Crippen LogP contribution in [0.4, 0.5) is 0 Å². The summed E-state index contributed by atoms with van der Waals surface area (Å²) in [6, 6.07) is 10.0. The van der Waals surface area contributed by atoms with E-state index >= 15 is 0 Å². The molecular formula is C23H24N2O3. The number of amides is 1. The number of nitrogens with zero attached hydrogens (tertiary/aromatic N) is 1. The van der Waals surface area contributed by atoms with Crippen molar-refractivity contribution in [2.75, 3.05) is 13.1 Å². The van der Waals surface area contributed by atoms with Gasteiger partial charge < -0.3 is 14.3 Å². The number of carbonyl (C=O) groups is 1. The Hall–Kier alpha value is -2.82. The van der Waals surface area contributed by atoms with E-state index in [1.807, 2.05) is 42.3 Å². The van der Waals surface area contributed by atoms with Gasteiger partial charge in [0.25, 0.3) is 5.91 Å². The van der Waals surface area contributed by atoms with Crippen LogP contribution in [0.2, 0.25) is 0 Å². The highest BCUT2D eigenvalue weighted by Gasteiger charge is 2.49. The van der Waals surface area contributed by atoms with E-state index in [0.717, 1.165) is 31.4 Å². The standard InChI is InChI=1S/C23H24N2O3/c1-15-12-17(7-6-16-13-24-19-5-3-2-4-18(16)19)28-22(27)20(15)21(26)25-11-10-23(14-25)8-9-23/h2-5,12-13,24H,6-11,14H2,1H3. The van der Waals surface area contributed by atoms with Crippen molar-refractivity contribution < 1.29 is 9.21 Å². The Labute approximate surface area is 163 Å². The summed E-state index contributed by atoms with van der Waals surface area (Å²) in [5, 5.41) is 1.19. The van der Waals surface area contributed by atoms with Gasteiger partial charge in [0.15, 0.2) is 0 Å². The first-order valence-electron chi connectivity index (χ1n) is 10.0. The van der Waals surface area contributed by atoms with Gasteiger partial charge in [-0.3, -0.25) is 4.79 Å². The molecule has 1 saturated heterocycles. The molecule has 28 heavy (non-hydrogen) atoms. The van der Waals surface area contributed by atoms with Crippen LogP contribution in [0.5, 0.6) is 0 Å². The summed E-state index contributed by atoms with van der Waals surface area (Å²) in [4.78, 5) is 30.6. The Kier molecular flexibility index (Phi) is 3.93. The number of aromatic amines is 1. The molecule has 1 N–H and O–H groups in total. The highest BCUT2D eigenvalue weighted by atomic mass is 16.4. The average Bonchev–Trinajstić information content (AvgIpc) is 3.11. The lowest BCUT2D eigenvalue weighted by Gasteiger charge is -2.17. The maximum atomic E-state index is 12.9. The maximum Gasteiger partial charge on any atom is 0.349 e. The van der Waals surface area contributed by atoms with Gasteiger partial charge in [0.1, 0.15) is 11.3 Å². The normalized spacial score (nSPS) is 17.5. The second-order valence-corrected chi connectivity index (χ2v) is 8.39. The minimum Gasteiger partial charge on any atom is -0.427 e. The fraction of sp³-hybridized carbons (Fsp3) is 0.391. The molecule has 0 atom stereocenters. The van der Waals surface area contributed by atoms with E-state index in [9.17, 15) is 9.59 Å². The Morgan fingerprint density at radius 2 is 2.04 bits per heavy atom. The van der Waals surface area contributed by atoms with Gasteiger partial charge in [-0.15, -0.1) is 0 Å². The molecule has 5 heteroatoms. The Morgan fingerprint density at radius 3 is 2.79 bits per heavy atom. The second kappa shape index (κ2) is 6.36. The van der Waals surface area contributed by atoms with E-state index in [1.165, 1.54) is 23.8 Å². The summed E-state index contributed by atoms with van der Waals surface area (Å²) >= 11 is 0. The first-order chi connectivity index (χ1) is 13.5. The first kappa shape index (κ1) is 17.3. The number of para-hydroxylation sites is 1. The van der Waals surface area contributed by atoms with Gasteiger partial charge in [-0.2, -0.15) is 0 Å². The summed E-state index contributed by atoms with van der Waals surface area (Å²) in [5.74, 6) is 0.461. The van der Waals surface area contributed by atoms with E-state index in [-0.39, 0.29) is 11.5 Å². The number of hydrogen-bond acceptors (Lipinski definition) is 3. The van der Waals surface area contributed by atoms with E-state index in [1.54, 1.807) is 0 Å². The number of likely N-dealkylation sites (tertiary alicyclic amines) is 1. The van der Waals surface area contributed by atoms with Crippen molar-refractivity contribution in [3.63, 3.8) is 0 Å². The number of rotatable bonds is 4. The number of benzene rings is 1. The van der Waals surface area contributed by atoms with Gasteiger partial charge in [-0.1, -0.05) is 18.2 Å². The molecular weight excluding hydrogens is 352 g/mol. The summed E-state index contributed by atoms with van der Waals surface area (Å²) in [6.07, 6.45) is 6.88. The predicted molar refractivity (Wildman–Crippen MR) is 108 cm³/mol. The zero-order valence-electron chi connectivity index (χ0n) is 16.1. The van der Waals surface area contributed by atoms with E-state index in [2.05, 4.69) is 11.1 Å². The molecule has 1 aromatic carbocycles. The number of nitrogens with one attached hydrogen (secondary N) is 1. The van der Waals surface area contributed by atoms with Crippen molar-refractivity contribution in [3.05, 3.63) is 69.4 Å². The zero-order valence-corrected chi connectivity index (χ0v) is 16.1. The molecule has 0 radical (unpaired) electrons. The van der Waals surface area contributed by atoms with Crippen LogP contribution < -0.4 is 5.63 Å². The molecule has 144 valence electrons. The largest absolute Gasteiger partial charge is 0.427 e. The number of carbonyl (C=O) groups excluding carboxylic acids is 1. The van der Waals surface area contributed by atoms with Crippen LogP contribution in [0.15, 0.2) is 45.7 Å². The number of H-pyrrole nitrogens is 1. The third kappa shape index (κ3) is 2.95. The van der Waals surface area contributed by atoms with E-state index in [4.69, 9.17) is 4.42 Å². The highest BCUT2D eigenvalue weighted by Crippen LogP contribution is 2.52. The minimum atomic E-state index is -0.504. The fourth-order valence-electron chi connectivity index (χ4n) is 4.50. The van der Waals surface area contributed by atoms with Crippen LogP contribution in [-0.2, 0) is 12.8 Å². The molecule has 1 amide bonds. The number of hydrogen-bond donors (Lipinski definition) is 1. The number of fused-ring (bicyclic) bond motifs is 1. The van der Waals surface area contributed by atoms with Crippen LogP contribution in [0, 0.1) is 12.3 Å². The van der Waals surface area contributed by atoms with Crippen molar-refractivity contribution in [3.8, 4) is 0 Å². The molecule has 1 spiro atoms. The average molecular weight is 376 g/mol. The number of aryl methyl sites for hydroxylation is 3. The third-order valence-electron chi connectivity index (χ3n) is 6.41. The predicted octanol–water partition coefficient (Wildman–Crippen LogP) is 3.84. The van der Waals surface area contributed by atoms with Gasteiger partial charge in [0, 0.05) is 36.6 Å². The second-order valence-electron chi connectivity index (χ2n) is 8.39. The van der Waals surface area contributed by atoms with Crippen LogP contribution in [0.25, 0.3) is 10.9 Å². The van der Waals surface area contributed by atoms with Crippen molar-refractivity contribution in [1.82, 2.24) is 9.88 Å². The monoisotopic (exact) mass is 376 g/mol. The van der Waals surface area contributed by atoms with Crippen LogP contribution >= 0.6 is 0 Å². The van der Waals surface area contributed by atoms with Crippen LogP contribution in [0.1, 0.15) is 46.5 Å². The molecule has 2 fully saturated rings. The molecule has 0 bridgehead atoms. The summed E-state index contributed by atoms with van der Waals surface area (Å²) < 4.78 is 5.53. The molecule has 1 saturated carbocycles. The van der Waals surface area contributed by atoms with Gasteiger partial charge >= 0.3 is 5.63 Å². The van der Waals surface area contributed by atoms with Gasteiger partial charge in [0.2, 0.25) is 0 Å². The zero-order chi connectivity index (χ0) is 19.3. The van der Waals surface area contributed by atoms with Crippen molar-refractivity contribution >= 4 is 16.8 Å². The van der Waals surface area contributed by atoms with E-state index in [0.29, 0.717) is 23.2 Å². The van der Waals surface area contributed by atoms with Gasteiger partial charge in [-0.25, -0.2) is 4.79 Å². The number of aromatic nitrogens is 1. The Morgan fingerprint density at radius 1 is 1.21 bits per heavy atom. The smallest absolute Gasteiger partial charge is 0.349 e. The minimum absolute atomic E-state index is 0.168. The lowest BCUT2D eigenvalue weighted by Crippen LogP contribution is -2.33. The molecule has 5 nitrogen and oxygen atoms in total. The molecule has 3 heterocycles. The van der Waals surface area contributed by atoms with E-state index < -0.39 is 5.63 Å². The molecule has 2 aliphatic rings. The van der Waals surface area contributed by atoms with Gasteiger partial charge in [-0.05, 0) is 61.3 Å². The van der Waals surface area contributed by atoms with Gasteiger partial charge in [0.05, 0.1) is 0 Å². The maximum absolute atomic E-state index is 12.9. The molecule has 1 aliphatic heterocycles. The quantitative estimate of drug-likeness (QED) is 0.752. The third-order valence-corrected chi connectivity index (χ3v) is 6.41. The summed E-state index contributed by atoms with van der Waals surface area (Å²) in [7, 11) is 0. The van der Waals surface area contributed by atoms with Crippen molar-refractivity contribution in [1.29, 1.82) is 0 Å². The fourth-order valence-corrected chi connectivity index (χ4v) is 4.50. The van der Waals surface area contributed by atoms with Crippen LogP contribution in [0.3, 0.4) is 0 Å². The lowest BCUT2D eigenvalue weighted by molar-refractivity contribution is 0.0779. The molecule has 0 unspecified atom stereocenters. The Bertz CT molecular complexity index is 1120. The SMILES string of the molecule is Cc1cc(CCc2c[nH]c3ccccc23)oc(=O)c1C(=O)N1CCC2(CC2)C1. The molecule has 2 aromatic heterocycles. The highest BCUT2D eigenvalue weighted by molar-refractivity contribution is 5.95. The molecule has 5 rings (SSSR count). The van der Waals surface area contributed by atoms with Crippen LogP contribution in [-0.4, -0.2) is 28.9 Å². The lowest BCUT2D eigenvalue weighted by atomic mass is 10.0. The van der Waals surface area contributed by atoms with Crippen molar-refractivity contribution in [2.24, 2.45) is 5.41 Å².